The maximum Gasteiger partial charge on any atom is 0.329 e. The highest BCUT2D eigenvalue weighted by Crippen LogP contribution is 2.27. The van der Waals surface area contributed by atoms with E-state index in [0.29, 0.717) is 12.8 Å². The lowest BCUT2D eigenvalue weighted by atomic mass is 9.90. The molecule has 0 atom stereocenters. The molecule has 0 radical (unpaired) electrons. The van der Waals surface area contributed by atoms with E-state index in [1.54, 1.807) is 24.0 Å². The summed E-state index contributed by atoms with van der Waals surface area (Å²) in [5.41, 5.74) is -0.400. The Kier molecular flexibility index (Phi) is 4.82. The normalized spacial score (nSPS) is 17.8. The van der Waals surface area contributed by atoms with Crippen molar-refractivity contribution in [2.75, 3.05) is 0 Å². The Bertz CT molecular complexity index is 504. The number of carboxylic acids is 1. The molecule has 3 N–H and O–H groups in total. The first-order valence-corrected chi connectivity index (χ1v) is 7.30. The Morgan fingerprint density at radius 1 is 1.33 bits per heavy atom. The molecule has 0 bridgehead atoms. The van der Waals surface area contributed by atoms with Crippen molar-refractivity contribution in [1.29, 1.82) is 0 Å². The van der Waals surface area contributed by atoms with E-state index >= 15 is 0 Å². The van der Waals surface area contributed by atoms with Gasteiger partial charge in [0.25, 0.3) is 0 Å². The number of aryl methyl sites for hydroxylation is 1. The van der Waals surface area contributed by atoms with Crippen molar-refractivity contribution in [3.05, 3.63) is 18.0 Å². The molecule has 7 heteroatoms. The van der Waals surface area contributed by atoms with Gasteiger partial charge in [0.2, 0.25) is 0 Å². The summed E-state index contributed by atoms with van der Waals surface area (Å²) in [5.74, 6) is -0.947. The SMILES string of the molecule is Cn1ccc(CNC(=O)NC2(C(=O)O)CCCCCC2)n1. The predicted octanol–water partition coefficient (Wildman–Crippen LogP) is 1.40. The van der Waals surface area contributed by atoms with Crippen molar-refractivity contribution in [1.82, 2.24) is 20.4 Å². The van der Waals surface area contributed by atoms with Crippen molar-refractivity contribution in [2.24, 2.45) is 7.05 Å². The molecule has 0 unspecified atom stereocenters. The van der Waals surface area contributed by atoms with Crippen molar-refractivity contribution in [3.8, 4) is 0 Å². The third kappa shape index (κ3) is 3.96. The minimum atomic E-state index is -1.13. The number of hydrogen-bond donors (Lipinski definition) is 3. The number of carbonyl (C=O) groups excluding carboxylic acids is 1. The van der Waals surface area contributed by atoms with E-state index in [9.17, 15) is 14.7 Å². The summed E-state index contributed by atoms with van der Waals surface area (Å²) in [4.78, 5) is 23.6. The topological polar surface area (TPSA) is 96.2 Å². The predicted molar refractivity (Wildman–Crippen MR) is 76.6 cm³/mol. The lowest BCUT2D eigenvalue weighted by Crippen LogP contribution is -2.56. The molecule has 1 saturated carbocycles. The molecule has 1 aromatic rings. The zero-order chi connectivity index (χ0) is 15.3. The Morgan fingerprint density at radius 3 is 2.52 bits per heavy atom. The highest BCUT2D eigenvalue weighted by Gasteiger charge is 2.40. The minimum Gasteiger partial charge on any atom is -0.480 e. The van der Waals surface area contributed by atoms with Crippen molar-refractivity contribution < 1.29 is 14.7 Å². The number of nitrogens with one attached hydrogen (secondary N) is 2. The van der Waals surface area contributed by atoms with Crippen LogP contribution in [0.1, 0.15) is 44.2 Å². The van der Waals surface area contributed by atoms with Crippen molar-refractivity contribution >= 4 is 12.0 Å². The molecule has 2 amide bonds. The van der Waals surface area contributed by atoms with Crippen LogP contribution < -0.4 is 10.6 Å². The number of hydrogen-bond acceptors (Lipinski definition) is 3. The van der Waals surface area contributed by atoms with Crippen LogP contribution in [0.2, 0.25) is 0 Å². The van der Waals surface area contributed by atoms with E-state index < -0.39 is 17.5 Å². The Morgan fingerprint density at radius 2 is 2.00 bits per heavy atom. The summed E-state index contributed by atoms with van der Waals surface area (Å²) < 4.78 is 1.65. The second-order valence-electron chi connectivity index (χ2n) is 5.59. The number of amides is 2. The zero-order valence-electron chi connectivity index (χ0n) is 12.3. The summed E-state index contributed by atoms with van der Waals surface area (Å²) in [6.07, 6.45) is 6.45. The van der Waals surface area contributed by atoms with Gasteiger partial charge in [0, 0.05) is 13.2 Å². The molecule has 7 nitrogen and oxygen atoms in total. The van der Waals surface area contributed by atoms with Gasteiger partial charge in [-0.25, -0.2) is 9.59 Å². The van der Waals surface area contributed by atoms with Crippen molar-refractivity contribution in [3.63, 3.8) is 0 Å². The van der Waals surface area contributed by atoms with Gasteiger partial charge in [-0.2, -0.15) is 5.10 Å². The standard InChI is InChI=1S/C14H22N4O3/c1-18-9-6-11(17-18)10-15-13(21)16-14(12(19)20)7-4-2-3-5-8-14/h6,9H,2-5,7-8,10H2,1H3,(H,19,20)(H2,15,16,21). The average molecular weight is 294 g/mol. The first kappa shape index (κ1) is 15.3. The van der Waals surface area contributed by atoms with E-state index in [4.69, 9.17) is 0 Å². The van der Waals surface area contributed by atoms with Gasteiger partial charge in [-0.15, -0.1) is 0 Å². The Labute approximate surface area is 123 Å². The molecule has 2 rings (SSSR count). The molecule has 1 fully saturated rings. The van der Waals surface area contributed by atoms with E-state index in [1.165, 1.54) is 0 Å². The molecule has 1 aliphatic rings. The molecule has 21 heavy (non-hydrogen) atoms. The molecular weight excluding hydrogens is 272 g/mol. The van der Waals surface area contributed by atoms with Crippen LogP contribution in [0.25, 0.3) is 0 Å². The molecule has 0 saturated heterocycles. The monoisotopic (exact) mass is 294 g/mol. The number of nitrogens with zero attached hydrogens (tertiary/aromatic N) is 2. The fraction of sp³-hybridized carbons (Fsp3) is 0.643. The molecule has 0 aromatic carbocycles. The summed E-state index contributed by atoms with van der Waals surface area (Å²) in [6, 6.07) is 1.35. The third-order valence-corrected chi connectivity index (χ3v) is 3.92. The smallest absolute Gasteiger partial charge is 0.329 e. The van der Waals surface area contributed by atoms with Crippen LogP contribution in [0.5, 0.6) is 0 Å². The van der Waals surface area contributed by atoms with Crippen molar-refractivity contribution in [2.45, 2.75) is 50.6 Å². The number of aromatic nitrogens is 2. The Hall–Kier alpha value is -2.05. The highest BCUT2D eigenvalue weighted by atomic mass is 16.4. The van der Waals surface area contributed by atoms with Crippen LogP contribution in [0.15, 0.2) is 12.3 Å². The summed E-state index contributed by atoms with van der Waals surface area (Å²) >= 11 is 0. The van der Waals surface area contributed by atoms with Crippen LogP contribution in [-0.2, 0) is 18.4 Å². The van der Waals surface area contributed by atoms with Crippen LogP contribution in [0.4, 0.5) is 4.79 Å². The highest BCUT2D eigenvalue weighted by molar-refractivity contribution is 5.86. The van der Waals surface area contributed by atoms with Gasteiger partial charge in [-0.3, -0.25) is 4.68 Å². The molecule has 0 aliphatic heterocycles. The molecule has 1 heterocycles. The lowest BCUT2D eigenvalue weighted by molar-refractivity contribution is -0.145. The fourth-order valence-electron chi connectivity index (χ4n) is 2.71. The second-order valence-corrected chi connectivity index (χ2v) is 5.59. The number of rotatable bonds is 4. The maximum absolute atomic E-state index is 12.0. The van der Waals surface area contributed by atoms with Crippen LogP contribution >= 0.6 is 0 Å². The number of carboxylic acid groups (broad SMARTS) is 1. The first-order chi connectivity index (χ1) is 10.0. The van der Waals surface area contributed by atoms with Gasteiger partial charge in [-0.1, -0.05) is 25.7 Å². The number of urea groups is 1. The summed E-state index contributed by atoms with van der Waals surface area (Å²) in [5, 5.41) is 19.0. The van der Waals surface area contributed by atoms with E-state index in [2.05, 4.69) is 15.7 Å². The fourth-order valence-corrected chi connectivity index (χ4v) is 2.71. The summed E-state index contributed by atoms with van der Waals surface area (Å²) in [7, 11) is 1.80. The second kappa shape index (κ2) is 6.60. The zero-order valence-corrected chi connectivity index (χ0v) is 12.3. The van der Waals surface area contributed by atoms with Gasteiger partial charge in [0.05, 0.1) is 12.2 Å². The largest absolute Gasteiger partial charge is 0.480 e. The first-order valence-electron chi connectivity index (χ1n) is 7.30. The van der Waals surface area contributed by atoms with Crippen LogP contribution in [-0.4, -0.2) is 32.4 Å². The molecule has 0 spiro atoms. The third-order valence-electron chi connectivity index (χ3n) is 3.92. The maximum atomic E-state index is 12.0. The minimum absolute atomic E-state index is 0.280. The molecule has 1 aliphatic carbocycles. The van der Waals surface area contributed by atoms with Gasteiger partial charge >= 0.3 is 12.0 Å². The quantitative estimate of drug-likeness (QED) is 0.731. The number of carbonyl (C=O) groups is 2. The van der Waals surface area contributed by atoms with Gasteiger partial charge in [0.1, 0.15) is 5.54 Å². The molecular formula is C14H22N4O3. The Balaban J connectivity index is 1.93. The van der Waals surface area contributed by atoms with Gasteiger partial charge in [0.15, 0.2) is 0 Å². The van der Waals surface area contributed by atoms with Gasteiger partial charge < -0.3 is 15.7 Å². The van der Waals surface area contributed by atoms with E-state index in [1.807, 2.05) is 0 Å². The van der Waals surface area contributed by atoms with E-state index in [-0.39, 0.29) is 6.54 Å². The molecule has 1 aromatic heterocycles. The van der Waals surface area contributed by atoms with E-state index in [0.717, 1.165) is 31.4 Å². The number of aliphatic carboxylic acids is 1. The van der Waals surface area contributed by atoms with Crippen LogP contribution in [0, 0.1) is 0 Å². The summed E-state index contributed by atoms with van der Waals surface area (Å²) in [6.45, 7) is 0.280. The average Bonchev–Trinajstić information content (AvgIpc) is 2.71. The van der Waals surface area contributed by atoms with Gasteiger partial charge in [-0.05, 0) is 18.9 Å². The lowest BCUT2D eigenvalue weighted by Gasteiger charge is -2.29. The molecule has 116 valence electrons. The van der Waals surface area contributed by atoms with Crippen LogP contribution in [0.3, 0.4) is 0 Å².